The van der Waals surface area contributed by atoms with Crippen molar-refractivity contribution in [3.8, 4) is 0 Å². The van der Waals surface area contributed by atoms with Crippen LogP contribution in [0.1, 0.15) is 42.6 Å². The summed E-state index contributed by atoms with van der Waals surface area (Å²) in [6.45, 7) is 3.99. The van der Waals surface area contributed by atoms with E-state index in [0.29, 0.717) is 11.1 Å². The summed E-state index contributed by atoms with van der Waals surface area (Å²) in [6, 6.07) is 16.2. The summed E-state index contributed by atoms with van der Waals surface area (Å²) >= 11 is 0. The molecule has 1 amide bonds. The van der Waals surface area contributed by atoms with Gasteiger partial charge in [-0.2, -0.15) is 0 Å². The SMILES string of the molecule is CCC[C@@H](C)C(=O)Nc1ccc(C(=O)c2ccccc2)cc1. The first-order chi connectivity index (χ1) is 10.6. The monoisotopic (exact) mass is 295 g/mol. The molecule has 0 radical (unpaired) electrons. The number of nitrogens with one attached hydrogen (secondary N) is 1. The molecule has 22 heavy (non-hydrogen) atoms. The summed E-state index contributed by atoms with van der Waals surface area (Å²) in [4.78, 5) is 24.3. The lowest BCUT2D eigenvalue weighted by molar-refractivity contribution is -0.119. The molecule has 2 aromatic rings. The van der Waals surface area contributed by atoms with Crippen molar-refractivity contribution in [1.82, 2.24) is 0 Å². The topological polar surface area (TPSA) is 46.2 Å². The number of hydrogen-bond donors (Lipinski definition) is 1. The highest BCUT2D eigenvalue weighted by Crippen LogP contribution is 2.15. The Balaban J connectivity index is 2.04. The molecule has 0 spiro atoms. The Hall–Kier alpha value is -2.42. The second kappa shape index (κ2) is 7.55. The lowest BCUT2D eigenvalue weighted by Gasteiger charge is -2.11. The number of carbonyl (C=O) groups excluding carboxylic acids is 2. The molecule has 0 aliphatic carbocycles. The van der Waals surface area contributed by atoms with Gasteiger partial charge in [0.1, 0.15) is 0 Å². The highest BCUT2D eigenvalue weighted by atomic mass is 16.1. The van der Waals surface area contributed by atoms with Crippen LogP contribution in [0.15, 0.2) is 54.6 Å². The Morgan fingerprint density at radius 2 is 1.55 bits per heavy atom. The minimum absolute atomic E-state index is 0.00405. The molecule has 2 rings (SSSR count). The molecule has 2 aromatic carbocycles. The Kier molecular flexibility index (Phi) is 5.48. The molecule has 0 aliphatic heterocycles. The standard InChI is InChI=1S/C19H21NO2/c1-3-7-14(2)19(22)20-17-12-10-16(11-13-17)18(21)15-8-5-4-6-9-15/h4-6,8-14H,3,7H2,1-2H3,(H,20,22)/t14-/m1/s1. The summed E-state index contributed by atoms with van der Waals surface area (Å²) in [5, 5.41) is 2.88. The highest BCUT2D eigenvalue weighted by molar-refractivity contribution is 6.09. The zero-order valence-corrected chi connectivity index (χ0v) is 13.0. The zero-order chi connectivity index (χ0) is 15.9. The van der Waals surface area contributed by atoms with Crippen molar-refractivity contribution in [3.05, 3.63) is 65.7 Å². The quantitative estimate of drug-likeness (QED) is 0.808. The van der Waals surface area contributed by atoms with Crippen LogP contribution in [-0.2, 0) is 4.79 Å². The molecule has 1 atom stereocenters. The van der Waals surface area contributed by atoms with Crippen molar-refractivity contribution in [1.29, 1.82) is 0 Å². The summed E-state index contributed by atoms with van der Waals surface area (Å²) in [5.41, 5.74) is 2.00. The van der Waals surface area contributed by atoms with Gasteiger partial charge in [-0.3, -0.25) is 9.59 Å². The maximum Gasteiger partial charge on any atom is 0.227 e. The molecule has 0 saturated carbocycles. The third kappa shape index (κ3) is 4.04. The second-order valence-corrected chi connectivity index (χ2v) is 5.45. The van der Waals surface area contributed by atoms with Crippen LogP contribution < -0.4 is 5.32 Å². The number of amides is 1. The van der Waals surface area contributed by atoms with Crippen molar-refractivity contribution in [3.63, 3.8) is 0 Å². The van der Waals surface area contributed by atoms with Gasteiger partial charge in [0.2, 0.25) is 5.91 Å². The first-order valence-electron chi connectivity index (χ1n) is 7.62. The Labute approximate surface area is 131 Å². The van der Waals surface area contributed by atoms with Gasteiger partial charge in [0.05, 0.1) is 0 Å². The molecule has 114 valence electrons. The van der Waals surface area contributed by atoms with Crippen LogP contribution in [0.5, 0.6) is 0 Å². The molecule has 0 aliphatic rings. The van der Waals surface area contributed by atoms with Crippen molar-refractivity contribution < 1.29 is 9.59 Å². The van der Waals surface area contributed by atoms with Crippen LogP contribution >= 0.6 is 0 Å². The van der Waals surface area contributed by atoms with Gasteiger partial charge in [-0.1, -0.05) is 50.6 Å². The van der Waals surface area contributed by atoms with Crippen LogP contribution in [-0.4, -0.2) is 11.7 Å². The molecule has 3 heteroatoms. The predicted octanol–water partition coefficient (Wildman–Crippen LogP) is 4.29. The molecule has 1 N–H and O–H groups in total. The van der Waals surface area contributed by atoms with Crippen molar-refractivity contribution in [2.45, 2.75) is 26.7 Å². The molecule has 0 heterocycles. The minimum atomic E-state index is -0.0159. The normalized spacial score (nSPS) is 11.7. The van der Waals surface area contributed by atoms with Gasteiger partial charge in [0.25, 0.3) is 0 Å². The van der Waals surface area contributed by atoms with E-state index < -0.39 is 0 Å². The number of rotatable bonds is 6. The summed E-state index contributed by atoms with van der Waals surface area (Å²) in [5.74, 6) is -0.00237. The lowest BCUT2D eigenvalue weighted by Crippen LogP contribution is -2.20. The third-order valence-corrected chi connectivity index (χ3v) is 3.62. The largest absolute Gasteiger partial charge is 0.326 e. The molecule has 0 aromatic heterocycles. The van der Waals surface area contributed by atoms with E-state index in [9.17, 15) is 9.59 Å². The third-order valence-electron chi connectivity index (χ3n) is 3.62. The summed E-state index contributed by atoms with van der Waals surface area (Å²) < 4.78 is 0. The van der Waals surface area contributed by atoms with Gasteiger partial charge in [0.15, 0.2) is 5.78 Å². The van der Waals surface area contributed by atoms with Crippen LogP contribution in [0, 0.1) is 5.92 Å². The zero-order valence-electron chi connectivity index (χ0n) is 13.0. The lowest BCUT2D eigenvalue weighted by atomic mass is 10.0. The first-order valence-corrected chi connectivity index (χ1v) is 7.62. The molecular weight excluding hydrogens is 274 g/mol. The second-order valence-electron chi connectivity index (χ2n) is 5.45. The average Bonchev–Trinajstić information content (AvgIpc) is 2.56. The van der Waals surface area contributed by atoms with E-state index in [2.05, 4.69) is 12.2 Å². The number of carbonyl (C=O) groups is 2. The maximum absolute atomic E-state index is 12.3. The Bertz CT molecular complexity index is 632. The van der Waals surface area contributed by atoms with E-state index in [1.54, 1.807) is 36.4 Å². The average molecular weight is 295 g/mol. The van der Waals surface area contributed by atoms with Crippen molar-refractivity contribution in [2.24, 2.45) is 5.92 Å². The summed E-state index contributed by atoms with van der Waals surface area (Å²) in [6.07, 6.45) is 1.86. The smallest absolute Gasteiger partial charge is 0.227 e. The van der Waals surface area contributed by atoms with Gasteiger partial charge in [0, 0.05) is 22.7 Å². The summed E-state index contributed by atoms with van der Waals surface area (Å²) in [7, 11) is 0. The van der Waals surface area contributed by atoms with E-state index in [-0.39, 0.29) is 17.6 Å². The predicted molar refractivity (Wildman–Crippen MR) is 89.0 cm³/mol. The molecule has 0 unspecified atom stereocenters. The number of ketones is 1. The van der Waals surface area contributed by atoms with Crippen LogP contribution in [0.2, 0.25) is 0 Å². The number of hydrogen-bond acceptors (Lipinski definition) is 2. The van der Waals surface area contributed by atoms with Crippen LogP contribution in [0.4, 0.5) is 5.69 Å². The number of anilines is 1. The van der Waals surface area contributed by atoms with Gasteiger partial charge in [-0.25, -0.2) is 0 Å². The fourth-order valence-electron chi connectivity index (χ4n) is 2.29. The molecule has 3 nitrogen and oxygen atoms in total. The van der Waals surface area contributed by atoms with E-state index in [0.717, 1.165) is 18.5 Å². The van der Waals surface area contributed by atoms with Crippen molar-refractivity contribution in [2.75, 3.05) is 5.32 Å². The van der Waals surface area contributed by atoms with E-state index in [1.807, 2.05) is 25.1 Å². The molecular formula is C19H21NO2. The highest BCUT2D eigenvalue weighted by Gasteiger charge is 2.12. The maximum atomic E-state index is 12.3. The molecule has 0 fully saturated rings. The Morgan fingerprint density at radius 1 is 0.955 bits per heavy atom. The van der Waals surface area contributed by atoms with E-state index in [4.69, 9.17) is 0 Å². The fraction of sp³-hybridized carbons (Fsp3) is 0.263. The van der Waals surface area contributed by atoms with Crippen LogP contribution in [0.25, 0.3) is 0 Å². The van der Waals surface area contributed by atoms with Crippen molar-refractivity contribution >= 4 is 17.4 Å². The van der Waals surface area contributed by atoms with Gasteiger partial charge >= 0.3 is 0 Å². The first kappa shape index (κ1) is 16.0. The fourth-order valence-corrected chi connectivity index (χ4v) is 2.29. The molecule has 0 bridgehead atoms. The Morgan fingerprint density at radius 3 is 2.14 bits per heavy atom. The van der Waals surface area contributed by atoms with Gasteiger partial charge in [-0.05, 0) is 30.7 Å². The van der Waals surface area contributed by atoms with E-state index in [1.165, 1.54) is 0 Å². The minimum Gasteiger partial charge on any atom is -0.326 e. The van der Waals surface area contributed by atoms with Gasteiger partial charge < -0.3 is 5.32 Å². The van der Waals surface area contributed by atoms with Crippen LogP contribution in [0.3, 0.4) is 0 Å². The number of benzene rings is 2. The van der Waals surface area contributed by atoms with Gasteiger partial charge in [-0.15, -0.1) is 0 Å². The molecule has 0 saturated heterocycles. The van der Waals surface area contributed by atoms with E-state index >= 15 is 0 Å².